The molecule has 1 heterocycles. The van der Waals surface area contributed by atoms with Crippen LogP contribution < -0.4 is 0 Å². The number of hydrogen-bond acceptors (Lipinski definition) is 2. The first-order valence-electron chi connectivity index (χ1n) is 4.63. The van der Waals surface area contributed by atoms with Gasteiger partial charge in [0.25, 0.3) is 0 Å². The van der Waals surface area contributed by atoms with Crippen molar-refractivity contribution >= 4 is 34.8 Å². The monoisotopic (exact) mass is 275 g/mol. The Morgan fingerprint density at radius 3 is 2.62 bits per heavy atom. The van der Waals surface area contributed by atoms with Crippen LogP contribution in [0.3, 0.4) is 0 Å². The Hall–Kier alpha value is -0.700. The fourth-order valence-electron chi connectivity index (χ4n) is 1.29. The van der Waals surface area contributed by atoms with Crippen molar-refractivity contribution in [3.8, 4) is 11.3 Å². The number of hydrogen-bond donors (Lipinski definition) is 0. The lowest BCUT2D eigenvalue weighted by molar-refractivity contribution is 0.508. The second-order valence-corrected chi connectivity index (χ2v) is 4.80. The van der Waals surface area contributed by atoms with Gasteiger partial charge in [0.05, 0.1) is 11.2 Å². The first-order valence-corrected chi connectivity index (χ1v) is 5.82. The van der Waals surface area contributed by atoms with Crippen LogP contribution in [0.15, 0.2) is 28.8 Å². The maximum Gasteiger partial charge on any atom is 0.212 e. The third-order valence-corrected chi connectivity index (χ3v) is 2.79. The molecule has 0 aliphatic heterocycles. The van der Waals surface area contributed by atoms with E-state index < -0.39 is 0 Å². The average Bonchev–Trinajstić information content (AvgIpc) is 2.66. The highest BCUT2D eigenvalue weighted by molar-refractivity contribution is 6.36. The summed E-state index contributed by atoms with van der Waals surface area (Å²) in [7, 11) is 0. The Balaban J connectivity index is 2.42. The van der Waals surface area contributed by atoms with Crippen LogP contribution in [0.5, 0.6) is 0 Å². The SMILES string of the molecule is C[C@@H](Cl)c1ncc(-c2ccc(Cl)cc2Cl)o1. The molecule has 2 aromatic rings. The summed E-state index contributed by atoms with van der Waals surface area (Å²) in [5.74, 6) is 1.06. The molecule has 0 radical (unpaired) electrons. The van der Waals surface area contributed by atoms with Crippen LogP contribution in [0.2, 0.25) is 10.0 Å². The van der Waals surface area contributed by atoms with Crippen molar-refractivity contribution in [2.24, 2.45) is 0 Å². The fourth-order valence-corrected chi connectivity index (χ4v) is 1.89. The topological polar surface area (TPSA) is 26.0 Å². The number of aromatic nitrogens is 1. The molecule has 0 N–H and O–H groups in total. The standard InChI is InChI=1S/C11H8Cl3NO/c1-6(12)11-15-5-10(16-11)8-3-2-7(13)4-9(8)14/h2-6H,1H3/t6-/m1/s1. The number of nitrogens with zero attached hydrogens (tertiary/aromatic N) is 1. The predicted molar refractivity (Wildman–Crippen MR) is 66.2 cm³/mol. The Morgan fingerprint density at radius 1 is 1.31 bits per heavy atom. The van der Waals surface area contributed by atoms with E-state index in [0.29, 0.717) is 21.7 Å². The predicted octanol–water partition coefficient (Wildman–Crippen LogP) is 4.95. The van der Waals surface area contributed by atoms with Gasteiger partial charge in [0.2, 0.25) is 5.89 Å². The van der Waals surface area contributed by atoms with E-state index in [2.05, 4.69) is 4.98 Å². The summed E-state index contributed by atoms with van der Waals surface area (Å²) in [6.07, 6.45) is 1.60. The summed E-state index contributed by atoms with van der Waals surface area (Å²) in [5.41, 5.74) is 0.752. The number of rotatable bonds is 2. The minimum atomic E-state index is -0.264. The maximum atomic E-state index is 6.05. The molecule has 1 atom stereocenters. The number of halogens is 3. The van der Waals surface area contributed by atoms with Crippen molar-refractivity contribution in [1.29, 1.82) is 0 Å². The second-order valence-electron chi connectivity index (χ2n) is 3.30. The van der Waals surface area contributed by atoms with E-state index in [4.69, 9.17) is 39.2 Å². The molecular weight excluding hydrogens is 268 g/mol. The van der Waals surface area contributed by atoms with Gasteiger partial charge in [-0.3, -0.25) is 0 Å². The summed E-state index contributed by atoms with van der Waals surface area (Å²) < 4.78 is 5.48. The molecule has 0 saturated carbocycles. The van der Waals surface area contributed by atoms with Crippen LogP contribution in [0.4, 0.5) is 0 Å². The van der Waals surface area contributed by atoms with Crippen LogP contribution in [-0.4, -0.2) is 4.98 Å². The normalized spacial score (nSPS) is 12.8. The van der Waals surface area contributed by atoms with Crippen molar-refractivity contribution in [1.82, 2.24) is 4.98 Å². The molecule has 1 aromatic carbocycles. The molecule has 0 spiro atoms. The lowest BCUT2D eigenvalue weighted by Crippen LogP contribution is -1.81. The average molecular weight is 277 g/mol. The molecule has 84 valence electrons. The Kier molecular flexibility index (Phi) is 3.43. The summed E-state index contributed by atoms with van der Waals surface area (Å²) in [6, 6.07) is 5.19. The lowest BCUT2D eigenvalue weighted by Gasteiger charge is -2.00. The van der Waals surface area contributed by atoms with Crippen LogP contribution in [-0.2, 0) is 0 Å². The van der Waals surface area contributed by atoms with Gasteiger partial charge in [-0.15, -0.1) is 11.6 Å². The van der Waals surface area contributed by atoms with Crippen LogP contribution in [0.1, 0.15) is 18.2 Å². The smallest absolute Gasteiger partial charge is 0.212 e. The van der Waals surface area contributed by atoms with Gasteiger partial charge in [-0.25, -0.2) is 4.98 Å². The fraction of sp³-hybridized carbons (Fsp3) is 0.182. The van der Waals surface area contributed by atoms with Gasteiger partial charge in [0.1, 0.15) is 5.38 Å². The molecule has 2 nitrogen and oxygen atoms in total. The molecular formula is C11H8Cl3NO. The zero-order valence-electron chi connectivity index (χ0n) is 8.38. The molecule has 0 unspecified atom stereocenters. The molecule has 0 fully saturated rings. The van der Waals surface area contributed by atoms with Gasteiger partial charge in [-0.2, -0.15) is 0 Å². The van der Waals surface area contributed by atoms with E-state index in [9.17, 15) is 0 Å². The van der Waals surface area contributed by atoms with Crippen LogP contribution in [0.25, 0.3) is 11.3 Å². The molecule has 0 bridgehead atoms. The Morgan fingerprint density at radius 2 is 2.06 bits per heavy atom. The summed E-state index contributed by atoms with van der Waals surface area (Å²) >= 11 is 17.7. The Labute approximate surface area is 108 Å². The van der Waals surface area contributed by atoms with Crippen molar-refractivity contribution in [3.05, 3.63) is 40.3 Å². The maximum absolute atomic E-state index is 6.05. The first-order chi connectivity index (χ1) is 7.58. The third kappa shape index (κ3) is 2.34. The summed E-state index contributed by atoms with van der Waals surface area (Å²) in [6.45, 7) is 1.79. The van der Waals surface area contributed by atoms with Gasteiger partial charge >= 0.3 is 0 Å². The highest BCUT2D eigenvalue weighted by Crippen LogP contribution is 2.32. The van der Waals surface area contributed by atoms with Crippen LogP contribution >= 0.6 is 34.8 Å². The Bertz CT molecular complexity index is 508. The largest absolute Gasteiger partial charge is 0.439 e. The summed E-state index contributed by atoms with van der Waals surface area (Å²) in [4.78, 5) is 4.07. The number of oxazole rings is 1. The minimum absolute atomic E-state index is 0.264. The van der Waals surface area contributed by atoms with E-state index in [1.807, 2.05) is 0 Å². The summed E-state index contributed by atoms with van der Waals surface area (Å²) in [5, 5.41) is 0.844. The highest BCUT2D eigenvalue weighted by atomic mass is 35.5. The highest BCUT2D eigenvalue weighted by Gasteiger charge is 2.13. The zero-order chi connectivity index (χ0) is 11.7. The van der Waals surface area contributed by atoms with Gasteiger partial charge in [-0.05, 0) is 25.1 Å². The number of benzene rings is 1. The van der Waals surface area contributed by atoms with Crippen molar-refractivity contribution in [3.63, 3.8) is 0 Å². The molecule has 0 aliphatic carbocycles. The molecule has 5 heteroatoms. The van der Waals surface area contributed by atoms with Gasteiger partial charge in [0.15, 0.2) is 5.76 Å². The van der Waals surface area contributed by atoms with Crippen molar-refractivity contribution in [2.75, 3.05) is 0 Å². The first kappa shape index (κ1) is 11.8. The van der Waals surface area contributed by atoms with E-state index in [-0.39, 0.29) is 5.38 Å². The quantitative estimate of drug-likeness (QED) is 0.725. The lowest BCUT2D eigenvalue weighted by atomic mass is 10.2. The third-order valence-electron chi connectivity index (χ3n) is 2.06. The second kappa shape index (κ2) is 4.66. The molecule has 16 heavy (non-hydrogen) atoms. The van der Waals surface area contributed by atoms with Crippen molar-refractivity contribution < 1.29 is 4.42 Å². The molecule has 0 amide bonds. The molecule has 0 aliphatic rings. The molecule has 1 aromatic heterocycles. The zero-order valence-corrected chi connectivity index (χ0v) is 10.6. The molecule has 2 rings (SSSR count). The van der Waals surface area contributed by atoms with Gasteiger partial charge < -0.3 is 4.42 Å². The molecule has 0 saturated heterocycles. The van der Waals surface area contributed by atoms with E-state index in [1.165, 1.54) is 0 Å². The van der Waals surface area contributed by atoms with Gasteiger partial charge in [-0.1, -0.05) is 23.2 Å². The van der Waals surface area contributed by atoms with E-state index in [0.717, 1.165) is 5.56 Å². The van der Waals surface area contributed by atoms with E-state index in [1.54, 1.807) is 31.3 Å². The van der Waals surface area contributed by atoms with Gasteiger partial charge in [0, 0.05) is 10.6 Å². The van der Waals surface area contributed by atoms with E-state index >= 15 is 0 Å². The van der Waals surface area contributed by atoms with Crippen molar-refractivity contribution in [2.45, 2.75) is 12.3 Å². The number of alkyl halides is 1. The minimum Gasteiger partial charge on any atom is -0.439 e. The van der Waals surface area contributed by atoms with Crippen LogP contribution in [0, 0.1) is 0 Å².